The van der Waals surface area contributed by atoms with Gasteiger partial charge in [-0.15, -0.1) is 0 Å². The van der Waals surface area contributed by atoms with Crippen molar-refractivity contribution in [1.82, 2.24) is 24.6 Å². The molecule has 0 aromatic carbocycles. The zero-order valence-electron chi connectivity index (χ0n) is 15.9. The van der Waals surface area contributed by atoms with Crippen LogP contribution in [-0.4, -0.2) is 37.7 Å². The predicted molar refractivity (Wildman–Crippen MR) is 110 cm³/mol. The number of pyridine rings is 2. The van der Waals surface area contributed by atoms with Crippen molar-refractivity contribution in [1.29, 1.82) is 0 Å². The summed E-state index contributed by atoms with van der Waals surface area (Å²) in [7, 11) is 0. The molecule has 1 fully saturated rings. The topological polar surface area (TPSA) is 59.2 Å². The first-order valence-electron chi connectivity index (χ1n) is 9.77. The first kappa shape index (κ1) is 16.9. The van der Waals surface area contributed by atoms with Gasteiger partial charge in [-0.3, -0.25) is 4.98 Å². The average molecular weight is 370 g/mol. The largest absolute Gasteiger partial charge is 0.357 e. The molecule has 6 nitrogen and oxygen atoms in total. The molecule has 0 bridgehead atoms. The molecule has 1 aliphatic rings. The third kappa shape index (κ3) is 3.11. The summed E-state index contributed by atoms with van der Waals surface area (Å²) >= 11 is 0. The highest BCUT2D eigenvalue weighted by atomic mass is 15.3. The van der Waals surface area contributed by atoms with Crippen molar-refractivity contribution < 1.29 is 0 Å². The summed E-state index contributed by atoms with van der Waals surface area (Å²) in [6.07, 6.45) is 9.42. The number of piperidine rings is 1. The van der Waals surface area contributed by atoms with Gasteiger partial charge < -0.3 is 4.90 Å². The maximum Gasteiger partial charge on any atom is 0.154 e. The van der Waals surface area contributed by atoms with E-state index in [1.165, 1.54) is 19.3 Å². The van der Waals surface area contributed by atoms with E-state index in [9.17, 15) is 0 Å². The van der Waals surface area contributed by atoms with E-state index < -0.39 is 0 Å². The Morgan fingerprint density at radius 3 is 2.50 bits per heavy atom. The van der Waals surface area contributed by atoms with E-state index in [-0.39, 0.29) is 0 Å². The number of hydrogen-bond acceptors (Lipinski definition) is 5. The zero-order chi connectivity index (χ0) is 18.9. The van der Waals surface area contributed by atoms with Gasteiger partial charge in [0.2, 0.25) is 0 Å². The third-order valence-corrected chi connectivity index (χ3v) is 5.28. The lowest BCUT2D eigenvalue weighted by Gasteiger charge is -2.27. The molecule has 4 aromatic rings. The quantitative estimate of drug-likeness (QED) is 0.542. The van der Waals surface area contributed by atoms with Crippen LogP contribution in [0.3, 0.4) is 0 Å². The summed E-state index contributed by atoms with van der Waals surface area (Å²) in [6, 6.07) is 12.2. The fraction of sp³-hybridized carbons (Fsp3) is 0.273. The molecule has 0 saturated carbocycles. The van der Waals surface area contributed by atoms with Gasteiger partial charge in [0.05, 0.1) is 17.6 Å². The lowest BCUT2D eigenvalue weighted by Crippen LogP contribution is -2.29. The minimum atomic E-state index is 0.824. The molecule has 1 saturated heterocycles. The number of anilines is 1. The second kappa shape index (κ2) is 7.03. The lowest BCUT2D eigenvalue weighted by molar-refractivity contribution is 0.573. The van der Waals surface area contributed by atoms with Crippen molar-refractivity contribution in [2.45, 2.75) is 26.2 Å². The van der Waals surface area contributed by atoms with E-state index in [1.54, 1.807) is 0 Å². The highest BCUT2D eigenvalue weighted by molar-refractivity contribution is 5.66. The summed E-state index contributed by atoms with van der Waals surface area (Å²) in [5, 5.41) is 4.82. The van der Waals surface area contributed by atoms with Crippen molar-refractivity contribution in [3.8, 4) is 22.5 Å². The smallest absolute Gasteiger partial charge is 0.154 e. The molecular formula is C22H22N6. The van der Waals surface area contributed by atoms with E-state index in [0.29, 0.717) is 0 Å². The maximum absolute atomic E-state index is 4.82. The molecule has 28 heavy (non-hydrogen) atoms. The fourth-order valence-corrected chi connectivity index (χ4v) is 3.78. The molecule has 0 amide bonds. The van der Waals surface area contributed by atoms with Crippen LogP contribution in [0.2, 0.25) is 0 Å². The van der Waals surface area contributed by atoms with Crippen LogP contribution in [0.4, 0.5) is 5.82 Å². The van der Waals surface area contributed by atoms with Crippen molar-refractivity contribution in [3.05, 3.63) is 60.7 Å². The second-order valence-corrected chi connectivity index (χ2v) is 7.27. The van der Waals surface area contributed by atoms with Crippen molar-refractivity contribution in [2.24, 2.45) is 0 Å². The minimum absolute atomic E-state index is 0.824. The van der Waals surface area contributed by atoms with Gasteiger partial charge in [0, 0.05) is 42.3 Å². The Hall–Kier alpha value is -3.28. The second-order valence-electron chi connectivity index (χ2n) is 7.27. The lowest BCUT2D eigenvalue weighted by atomic mass is 10.1. The zero-order valence-corrected chi connectivity index (χ0v) is 15.9. The molecule has 0 aliphatic carbocycles. The third-order valence-electron chi connectivity index (χ3n) is 5.28. The first-order valence-corrected chi connectivity index (χ1v) is 9.77. The highest BCUT2D eigenvalue weighted by Gasteiger charge is 2.14. The van der Waals surface area contributed by atoms with Gasteiger partial charge in [0.25, 0.3) is 0 Å². The molecule has 0 atom stereocenters. The van der Waals surface area contributed by atoms with Crippen LogP contribution in [0, 0.1) is 6.92 Å². The van der Waals surface area contributed by atoms with E-state index in [0.717, 1.165) is 52.8 Å². The van der Waals surface area contributed by atoms with Gasteiger partial charge in [0.1, 0.15) is 5.82 Å². The van der Waals surface area contributed by atoms with Crippen LogP contribution in [-0.2, 0) is 0 Å². The van der Waals surface area contributed by atoms with Crippen molar-refractivity contribution in [3.63, 3.8) is 0 Å². The minimum Gasteiger partial charge on any atom is -0.357 e. The number of aryl methyl sites for hydroxylation is 1. The van der Waals surface area contributed by atoms with Crippen molar-refractivity contribution in [2.75, 3.05) is 18.0 Å². The molecule has 0 radical (unpaired) electrons. The Bertz CT molecular complexity index is 1110. The average Bonchev–Trinajstić information content (AvgIpc) is 3.18. The molecule has 0 spiro atoms. The highest BCUT2D eigenvalue weighted by Crippen LogP contribution is 2.25. The normalized spacial score (nSPS) is 14.5. The first-order chi connectivity index (χ1) is 13.8. The van der Waals surface area contributed by atoms with Crippen LogP contribution < -0.4 is 4.90 Å². The summed E-state index contributed by atoms with van der Waals surface area (Å²) in [6.45, 7) is 4.18. The van der Waals surface area contributed by atoms with Crippen LogP contribution >= 0.6 is 0 Å². The van der Waals surface area contributed by atoms with E-state index in [2.05, 4.69) is 27.0 Å². The SMILES string of the molecule is Cc1cc(-c2ccc3ncc(-c4ccc(N5CCCCC5)nc4)n3n2)ccn1. The standard InChI is InChI=1S/C22H22N6/c1-16-13-17(9-10-23-16)19-6-8-22-25-15-20(28(22)26-19)18-5-7-21(24-14-18)27-11-3-2-4-12-27/h5-10,13-15H,2-4,11-12H2,1H3. The monoisotopic (exact) mass is 370 g/mol. The number of aromatic nitrogens is 5. The Balaban J connectivity index is 1.51. The van der Waals surface area contributed by atoms with Gasteiger partial charge in [-0.2, -0.15) is 5.10 Å². The molecule has 4 aromatic heterocycles. The molecule has 0 N–H and O–H groups in total. The van der Waals surface area contributed by atoms with Crippen LogP contribution in [0.25, 0.3) is 28.2 Å². The fourth-order valence-electron chi connectivity index (χ4n) is 3.78. The van der Waals surface area contributed by atoms with Gasteiger partial charge in [-0.05, 0) is 62.6 Å². The molecular weight excluding hydrogens is 348 g/mol. The molecule has 0 unspecified atom stereocenters. The van der Waals surface area contributed by atoms with Gasteiger partial charge in [-0.25, -0.2) is 14.5 Å². The summed E-state index contributed by atoms with van der Waals surface area (Å²) < 4.78 is 1.89. The van der Waals surface area contributed by atoms with Crippen molar-refractivity contribution >= 4 is 11.5 Å². The molecule has 140 valence electrons. The Kier molecular flexibility index (Phi) is 4.24. The number of nitrogens with zero attached hydrogens (tertiary/aromatic N) is 6. The predicted octanol–water partition coefficient (Wildman–Crippen LogP) is 4.15. The summed E-state index contributed by atoms with van der Waals surface area (Å²) in [5.41, 5.74) is 5.71. The number of imidazole rings is 1. The molecule has 6 heteroatoms. The van der Waals surface area contributed by atoms with Gasteiger partial charge in [0.15, 0.2) is 5.65 Å². The number of hydrogen-bond donors (Lipinski definition) is 0. The van der Waals surface area contributed by atoms with Crippen LogP contribution in [0.1, 0.15) is 25.0 Å². The number of rotatable bonds is 3. The Morgan fingerprint density at radius 1 is 0.821 bits per heavy atom. The summed E-state index contributed by atoms with van der Waals surface area (Å²) in [4.78, 5) is 15.9. The number of fused-ring (bicyclic) bond motifs is 1. The van der Waals surface area contributed by atoms with Crippen LogP contribution in [0.5, 0.6) is 0 Å². The maximum atomic E-state index is 4.82. The molecule has 5 heterocycles. The molecule has 5 rings (SSSR count). The molecule has 1 aliphatic heterocycles. The van der Waals surface area contributed by atoms with Gasteiger partial charge >= 0.3 is 0 Å². The van der Waals surface area contributed by atoms with Gasteiger partial charge in [-0.1, -0.05) is 0 Å². The Labute approximate surface area is 163 Å². The van der Waals surface area contributed by atoms with E-state index in [4.69, 9.17) is 10.1 Å². The summed E-state index contributed by atoms with van der Waals surface area (Å²) in [5.74, 6) is 1.05. The van der Waals surface area contributed by atoms with E-state index >= 15 is 0 Å². The van der Waals surface area contributed by atoms with Crippen LogP contribution in [0.15, 0.2) is 55.0 Å². The Morgan fingerprint density at radius 2 is 1.71 bits per heavy atom. The van der Waals surface area contributed by atoms with E-state index in [1.807, 2.05) is 54.3 Å².